The summed E-state index contributed by atoms with van der Waals surface area (Å²) < 4.78 is 2.82. The molecule has 0 fully saturated rings. The minimum absolute atomic E-state index is 0.0631. The van der Waals surface area contributed by atoms with Gasteiger partial charge in [0.15, 0.2) is 11.5 Å². The number of anilines is 1. The van der Waals surface area contributed by atoms with Crippen LogP contribution < -0.4 is 5.32 Å². The molecule has 28 heavy (non-hydrogen) atoms. The lowest BCUT2D eigenvalue weighted by Crippen LogP contribution is -2.15. The number of carbonyl (C=O) groups is 1. The van der Waals surface area contributed by atoms with E-state index in [0.717, 1.165) is 0 Å². The fraction of sp³-hybridized carbons (Fsp3) is 0. The molecule has 11 heteroatoms. The van der Waals surface area contributed by atoms with Gasteiger partial charge in [0.2, 0.25) is 0 Å². The lowest BCUT2D eigenvalue weighted by atomic mass is 10.3. The number of benzene rings is 1. The molecule has 3 heterocycles. The molecule has 1 amide bonds. The van der Waals surface area contributed by atoms with Gasteiger partial charge in [0.05, 0.1) is 16.3 Å². The zero-order chi connectivity index (χ0) is 19.5. The van der Waals surface area contributed by atoms with E-state index >= 15 is 0 Å². The van der Waals surface area contributed by atoms with Crippen LogP contribution in [-0.2, 0) is 0 Å². The molecule has 0 aliphatic carbocycles. The van der Waals surface area contributed by atoms with Crippen molar-refractivity contribution in [2.75, 3.05) is 5.32 Å². The quantitative estimate of drug-likeness (QED) is 0.416. The normalized spacial score (nSPS) is 10.6. The van der Waals surface area contributed by atoms with Gasteiger partial charge in [-0.15, -0.1) is 0 Å². The predicted molar refractivity (Wildman–Crippen MR) is 97.3 cm³/mol. The Kier molecular flexibility index (Phi) is 4.30. The topological polar surface area (TPSA) is 134 Å². The van der Waals surface area contributed by atoms with Crippen LogP contribution in [0.5, 0.6) is 0 Å². The molecule has 0 aliphatic rings. The Morgan fingerprint density at radius 1 is 1.14 bits per heavy atom. The SMILES string of the molecule is O=C(Nc1cccnc1-n1cncn1)c1ccn(-c2cccc([N+](=O)[O-])c2)n1. The Labute approximate surface area is 157 Å². The van der Waals surface area contributed by atoms with E-state index in [1.54, 1.807) is 36.7 Å². The first-order chi connectivity index (χ1) is 13.6. The van der Waals surface area contributed by atoms with E-state index in [1.807, 2.05) is 0 Å². The molecule has 0 radical (unpaired) electrons. The lowest BCUT2D eigenvalue weighted by Gasteiger charge is -2.08. The molecule has 0 bridgehead atoms. The summed E-state index contributed by atoms with van der Waals surface area (Å²) in [6.07, 6.45) is 5.95. The minimum Gasteiger partial charge on any atom is -0.317 e. The Morgan fingerprint density at radius 3 is 2.82 bits per heavy atom. The van der Waals surface area contributed by atoms with E-state index in [4.69, 9.17) is 0 Å². The number of aromatic nitrogens is 6. The van der Waals surface area contributed by atoms with Crippen LogP contribution in [0.1, 0.15) is 10.5 Å². The van der Waals surface area contributed by atoms with E-state index < -0.39 is 10.8 Å². The molecule has 4 rings (SSSR count). The van der Waals surface area contributed by atoms with Crippen LogP contribution >= 0.6 is 0 Å². The molecule has 0 atom stereocenters. The van der Waals surface area contributed by atoms with Crippen LogP contribution in [0.2, 0.25) is 0 Å². The van der Waals surface area contributed by atoms with Gasteiger partial charge < -0.3 is 5.32 Å². The molecule has 138 valence electrons. The Bertz CT molecular complexity index is 1150. The summed E-state index contributed by atoms with van der Waals surface area (Å²) in [5, 5.41) is 21.9. The maximum Gasteiger partial charge on any atom is 0.276 e. The number of pyridine rings is 1. The maximum absolute atomic E-state index is 12.6. The Balaban J connectivity index is 1.58. The van der Waals surface area contributed by atoms with Crippen molar-refractivity contribution in [2.24, 2.45) is 0 Å². The van der Waals surface area contributed by atoms with Crippen molar-refractivity contribution in [3.63, 3.8) is 0 Å². The monoisotopic (exact) mass is 376 g/mol. The second-order valence-corrected chi connectivity index (χ2v) is 5.59. The summed E-state index contributed by atoms with van der Waals surface area (Å²) in [5.41, 5.74) is 0.979. The van der Waals surface area contributed by atoms with Crippen LogP contribution in [0.3, 0.4) is 0 Å². The fourth-order valence-corrected chi connectivity index (χ4v) is 2.52. The van der Waals surface area contributed by atoms with Crippen molar-refractivity contribution in [1.82, 2.24) is 29.5 Å². The summed E-state index contributed by atoms with van der Waals surface area (Å²) >= 11 is 0. The van der Waals surface area contributed by atoms with Crippen molar-refractivity contribution in [1.29, 1.82) is 0 Å². The molecule has 4 aromatic rings. The average Bonchev–Trinajstić information content (AvgIpc) is 3.41. The number of nitrogens with zero attached hydrogens (tertiary/aromatic N) is 7. The lowest BCUT2D eigenvalue weighted by molar-refractivity contribution is -0.384. The van der Waals surface area contributed by atoms with Crippen molar-refractivity contribution < 1.29 is 9.72 Å². The average molecular weight is 376 g/mol. The highest BCUT2D eigenvalue weighted by Crippen LogP contribution is 2.18. The number of carbonyl (C=O) groups excluding carboxylic acids is 1. The van der Waals surface area contributed by atoms with Crippen LogP contribution in [0.25, 0.3) is 11.5 Å². The van der Waals surface area contributed by atoms with Gasteiger partial charge in [0, 0.05) is 24.5 Å². The largest absolute Gasteiger partial charge is 0.317 e. The van der Waals surface area contributed by atoms with Gasteiger partial charge in [-0.2, -0.15) is 10.2 Å². The van der Waals surface area contributed by atoms with Crippen molar-refractivity contribution in [3.05, 3.63) is 83.3 Å². The third-order valence-corrected chi connectivity index (χ3v) is 3.80. The van der Waals surface area contributed by atoms with Crippen molar-refractivity contribution >= 4 is 17.3 Å². The zero-order valence-electron chi connectivity index (χ0n) is 14.2. The number of hydrogen-bond donors (Lipinski definition) is 1. The van der Waals surface area contributed by atoms with E-state index in [9.17, 15) is 14.9 Å². The number of hydrogen-bond acceptors (Lipinski definition) is 7. The van der Waals surface area contributed by atoms with Gasteiger partial charge >= 0.3 is 0 Å². The first-order valence-corrected chi connectivity index (χ1v) is 8.04. The van der Waals surface area contributed by atoms with Crippen molar-refractivity contribution in [3.8, 4) is 11.5 Å². The molecule has 11 nitrogen and oxygen atoms in total. The van der Waals surface area contributed by atoms with E-state index in [1.165, 1.54) is 40.2 Å². The number of nitro benzene ring substituents is 1. The van der Waals surface area contributed by atoms with Gasteiger partial charge in [-0.3, -0.25) is 14.9 Å². The van der Waals surface area contributed by atoms with Crippen LogP contribution in [0.15, 0.2) is 67.5 Å². The number of rotatable bonds is 5. The standard InChI is InChI=1S/C17H12N8O3/c26-17(21-14-5-2-7-19-16(14)24-11-18-10-20-24)15-6-8-23(22-15)12-3-1-4-13(9-12)25(27)28/h1-11H,(H,21,26). The zero-order valence-corrected chi connectivity index (χ0v) is 14.2. The molecule has 0 aliphatic heterocycles. The van der Waals surface area contributed by atoms with Gasteiger partial charge in [-0.1, -0.05) is 6.07 Å². The van der Waals surface area contributed by atoms with Crippen LogP contribution in [0, 0.1) is 10.1 Å². The minimum atomic E-state index is -0.491. The predicted octanol–water partition coefficient (Wildman–Crippen LogP) is 2.01. The molecule has 0 saturated carbocycles. The molecule has 3 aromatic heterocycles. The van der Waals surface area contributed by atoms with E-state index in [2.05, 4.69) is 25.5 Å². The highest BCUT2D eigenvalue weighted by Gasteiger charge is 2.15. The Morgan fingerprint density at radius 2 is 2.04 bits per heavy atom. The molecule has 0 unspecified atom stereocenters. The maximum atomic E-state index is 12.6. The molecular formula is C17H12N8O3. The first kappa shape index (κ1) is 17.0. The first-order valence-electron chi connectivity index (χ1n) is 8.04. The summed E-state index contributed by atoms with van der Waals surface area (Å²) in [4.78, 5) is 31.1. The van der Waals surface area contributed by atoms with Gasteiger partial charge in [-0.05, 0) is 24.3 Å². The smallest absolute Gasteiger partial charge is 0.276 e. The highest BCUT2D eigenvalue weighted by molar-refractivity contribution is 6.03. The van der Waals surface area contributed by atoms with Crippen molar-refractivity contribution in [2.45, 2.75) is 0 Å². The third kappa shape index (κ3) is 3.31. The van der Waals surface area contributed by atoms with Gasteiger partial charge in [0.25, 0.3) is 11.6 Å². The number of nitrogens with one attached hydrogen (secondary N) is 1. The van der Waals surface area contributed by atoms with Gasteiger partial charge in [-0.25, -0.2) is 19.3 Å². The second-order valence-electron chi connectivity index (χ2n) is 5.59. The summed E-state index contributed by atoms with van der Waals surface area (Å²) in [5.74, 6) is -0.0509. The summed E-state index contributed by atoms with van der Waals surface area (Å²) in [6.45, 7) is 0. The molecule has 0 spiro atoms. The Hall–Kier alpha value is -4.41. The summed E-state index contributed by atoms with van der Waals surface area (Å²) in [7, 11) is 0. The molecule has 1 aromatic carbocycles. The fourth-order valence-electron chi connectivity index (χ4n) is 2.52. The van der Waals surface area contributed by atoms with E-state index in [0.29, 0.717) is 17.2 Å². The van der Waals surface area contributed by atoms with E-state index in [-0.39, 0.29) is 11.4 Å². The summed E-state index contributed by atoms with van der Waals surface area (Å²) in [6, 6.07) is 10.8. The highest BCUT2D eigenvalue weighted by atomic mass is 16.6. The molecule has 0 saturated heterocycles. The third-order valence-electron chi connectivity index (χ3n) is 3.80. The molecule has 1 N–H and O–H groups in total. The second kappa shape index (κ2) is 7.07. The number of nitro groups is 1. The molecular weight excluding hydrogens is 364 g/mol. The van der Waals surface area contributed by atoms with Crippen LogP contribution in [0.4, 0.5) is 11.4 Å². The number of amides is 1. The van der Waals surface area contributed by atoms with Gasteiger partial charge in [0.1, 0.15) is 12.7 Å². The number of non-ortho nitro benzene ring substituents is 1. The van der Waals surface area contributed by atoms with Crippen LogP contribution in [-0.4, -0.2) is 40.4 Å².